The number of sulfone groups is 1. The third kappa shape index (κ3) is 3.23. The van der Waals surface area contributed by atoms with E-state index >= 15 is 0 Å². The molecule has 0 amide bonds. The fraction of sp³-hybridized carbons (Fsp3) is 0.0909. The topological polar surface area (TPSA) is 79.9 Å². The van der Waals surface area contributed by atoms with Gasteiger partial charge in [0.2, 0.25) is 0 Å². The summed E-state index contributed by atoms with van der Waals surface area (Å²) in [6.45, 7) is 0. The number of aromatic amines is 1. The summed E-state index contributed by atoms with van der Waals surface area (Å²) < 4.78 is 24.7. The van der Waals surface area contributed by atoms with Crippen LogP contribution in [0.15, 0.2) is 44.8 Å². The zero-order chi connectivity index (χ0) is 14.0. The van der Waals surface area contributed by atoms with E-state index in [4.69, 9.17) is 11.6 Å². The van der Waals surface area contributed by atoms with E-state index in [1.54, 1.807) is 6.07 Å². The van der Waals surface area contributed by atoms with Gasteiger partial charge in [-0.05, 0) is 28.1 Å². The lowest BCUT2D eigenvalue weighted by Crippen LogP contribution is -2.16. The van der Waals surface area contributed by atoms with Crippen molar-refractivity contribution in [3.63, 3.8) is 0 Å². The molecule has 0 aliphatic rings. The van der Waals surface area contributed by atoms with Crippen LogP contribution in [0.4, 0.5) is 0 Å². The second kappa shape index (κ2) is 5.44. The van der Waals surface area contributed by atoms with E-state index in [2.05, 4.69) is 25.9 Å². The molecule has 0 aliphatic carbocycles. The molecule has 0 bridgehead atoms. The number of aromatic nitrogens is 2. The zero-order valence-electron chi connectivity index (χ0n) is 9.43. The molecule has 0 aromatic carbocycles. The molecule has 0 saturated heterocycles. The first-order chi connectivity index (χ1) is 8.90. The number of halogens is 2. The van der Waals surface area contributed by atoms with E-state index in [0.717, 1.165) is 0 Å². The van der Waals surface area contributed by atoms with Crippen LogP contribution < -0.4 is 5.56 Å². The molecule has 1 N–H and O–H groups in total. The number of H-pyrrole nitrogens is 1. The van der Waals surface area contributed by atoms with E-state index in [1.807, 2.05) is 0 Å². The number of pyridine rings is 2. The van der Waals surface area contributed by atoms with Gasteiger partial charge in [0.05, 0.1) is 15.1 Å². The summed E-state index contributed by atoms with van der Waals surface area (Å²) in [7, 11) is -3.65. The maximum atomic E-state index is 12.2. The van der Waals surface area contributed by atoms with E-state index < -0.39 is 15.4 Å². The molecular weight excluding hydrogens is 356 g/mol. The molecule has 0 radical (unpaired) electrons. The van der Waals surface area contributed by atoms with Crippen LogP contribution >= 0.6 is 27.5 Å². The maximum Gasteiger partial charge on any atom is 0.252 e. The molecule has 0 spiro atoms. The Kier molecular flexibility index (Phi) is 4.07. The lowest BCUT2D eigenvalue weighted by Gasteiger charge is -2.04. The van der Waals surface area contributed by atoms with Gasteiger partial charge in [-0.15, -0.1) is 0 Å². The van der Waals surface area contributed by atoms with Crippen LogP contribution in [-0.4, -0.2) is 18.4 Å². The summed E-state index contributed by atoms with van der Waals surface area (Å²) in [4.78, 5) is 17.7. The molecule has 0 saturated carbocycles. The van der Waals surface area contributed by atoms with E-state index in [1.165, 1.54) is 24.5 Å². The molecule has 19 heavy (non-hydrogen) atoms. The van der Waals surface area contributed by atoms with Gasteiger partial charge in [-0.25, -0.2) is 13.4 Å². The monoisotopic (exact) mass is 362 g/mol. The summed E-state index contributed by atoms with van der Waals surface area (Å²) >= 11 is 8.82. The van der Waals surface area contributed by atoms with Crippen molar-refractivity contribution in [3.05, 3.63) is 56.1 Å². The normalized spacial score (nSPS) is 11.5. The van der Waals surface area contributed by atoms with Gasteiger partial charge in [0.15, 0.2) is 9.84 Å². The second-order valence-electron chi connectivity index (χ2n) is 3.73. The Morgan fingerprint density at radius 3 is 2.79 bits per heavy atom. The Bertz CT molecular complexity index is 774. The fourth-order valence-electron chi connectivity index (χ4n) is 1.43. The van der Waals surface area contributed by atoms with Crippen molar-refractivity contribution in [2.24, 2.45) is 0 Å². The lowest BCUT2D eigenvalue weighted by atomic mass is 10.3. The number of rotatable bonds is 3. The SMILES string of the molecule is O=c1[nH]cccc1CS(=O)(=O)c1cnc(Cl)c(Br)c1. The third-order valence-corrected chi connectivity index (χ3v) is 5.14. The molecule has 0 unspecified atom stereocenters. The quantitative estimate of drug-likeness (QED) is 0.848. The standard InChI is InChI=1S/C11H8BrClN2O3S/c12-9-4-8(5-15-10(9)13)19(17,18)6-7-2-1-3-14-11(7)16/h1-5H,6H2,(H,14,16). The Morgan fingerprint density at radius 1 is 1.42 bits per heavy atom. The lowest BCUT2D eigenvalue weighted by molar-refractivity contribution is 0.594. The van der Waals surface area contributed by atoms with Crippen LogP contribution in [0.3, 0.4) is 0 Å². The van der Waals surface area contributed by atoms with Gasteiger partial charge >= 0.3 is 0 Å². The summed E-state index contributed by atoms with van der Waals surface area (Å²) in [6, 6.07) is 4.40. The molecule has 2 rings (SSSR count). The Hall–Kier alpha value is -1.18. The Labute approximate surface area is 122 Å². The number of nitrogens with one attached hydrogen (secondary N) is 1. The Balaban J connectivity index is 2.41. The highest BCUT2D eigenvalue weighted by atomic mass is 79.9. The number of hydrogen-bond donors (Lipinski definition) is 1. The summed E-state index contributed by atoms with van der Waals surface area (Å²) in [5.74, 6) is -0.390. The molecule has 0 fully saturated rings. The minimum Gasteiger partial charge on any atom is -0.329 e. The smallest absolute Gasteiger partial charge is 0.252 e. The van der Waals surface area contributed by atoms with E-state index in [9.17, 15) is 13.2 Å². The first-order valence-electron chi connectivity index (χ1n) is 5.10. The van der Waals surface area contributed by atoms with Crippen molar-refractivity contribution in [3.8, 4) is 0 Å². The van der Waals surface area contributed by atoms with Crippen molar-refractivity contribution in [2.45, 2.75) is 10.6 Å². The molecule has 8 heteroatoms. The van der Waals surface area contributed by atoms with Gasteiger partial charge in [0, 0.05) is 18.0 Å². The number of hydrogen-bond acceptors (Lipinski definition) is 4. The predicted molar refractivity (Wildman–Crippen MR) is 74.9 cm³/mol. The van der Waals surface area contributed by atoms with Crippen LogP contribution in [-0.2, 0) is 15.6 Å². The predicted octanol–water partition coefficient (Wildman–Crippen LogP) is 2.16. The molecule has 2 heterocycles. The minimum atomic E-state index is -3.65. The van der Waals surface area contributed by atoms with Crippen molar-refractivity contribution in [1.29, 1.82) is 0 Å². The highest BCUT2D eigenvalue weighted by Crippen LogP contribution is 2.24. The largest absolute Gasteiger partial charge is 0.329 e. The van der Waals surface area contributed by atoms with Gasteiger partial charge < -0.3 is 4.98 Å². The van der Waals surface area contributed by atoms with Crippen molar-refractivity contribution < 1.29 is 8.42 Å². The minimum absolute atomic E-state index is 0.00651. The first kappa shape index (κ1) is 14.2. The van der Waals surface area contributed by atoms with Crippen LogP contribution in [0.2, 0.25) is 5.15 Å². The molecule has 0 aliphatic heterocycles. The maximum absolute atomic E-state index is 12.2. The van der Waals surface area contributed by atoms with Crippen LogP contribution in [0.5, 0.6) is 0 Å². The summed E-state index contributed by atoms with van der Waals surface area (Å²) in [5, 5.41) is 0.177. The van der Waals surface area contributed by atoms with Gasteiger partial charge in [0.1, 0.15) is 5.15 Å². The summed E-state index contributed by atoms with van der Waals surface area (Å²) in [5.41, 5.74) is -0.249. The molecule has 100 valence electrons. The van der Waals surface area contributed by atoms with Gasteiger partial charge in [-0.3, -0.25) is 4.79 Å². The van der Waals surface area contributed by atoms with E-state index in [-0.39, 0.29) is 21.4 Å². The van der Waals surface area contributed by atoms with Crippen molar-refractivity contribution >= 4 is 37.4 Å². The average Bonchev–Trinajstić information content (AvgIpc) is 2.35. The fourth-order valence-corrected chi connectivity index (χ4v) is 3.35. The van der Waals surface area contributed by atoms with Crippen LogP contribution in [0, 0.1) is 0 Å². The van der Waals surface area contributed by atoms with Crippen molar-refractivity contribution in [1.82, 2.24) is 9.97 Å². The van der Waals surface area contributed by atoms with Gasteiger partial charge in [0.25, 0.3) is 5.56 Å². The highest BCUT2D eigenvalue weighted by Gasteiger charge is 2.18. The number of nitrogens with zero attached hydrogens (tertiary/aromatic N) is 1. The first-order valence-corrected chi connectivity index (χ1v) is 7.93. The van der Waals surface area contributed by atoms with Crippen LogP contribution in [0.25, 0.3) is 0 Å². The zero-order valence-corrected chi connectivity index (χ0v) is 12.6. The van der Waals surface area contributed by atoms with Gasteiger partial charge in [-0.1, -0.05) is 17.7 Å². The second-order valence-corrected chi connectivity index (χ2v) is 6.93. The average molecular weight is 364 g/mol. The molecule has 0 atom stereocenters. The molecule has 5 nitrogen and oxygen atoms in total. The van der Waals surface area contributed by atoms with E-state index in [0.29, 0.717) is 4.47 Å². The third-order valence-electron chi connectivity index (χ3n) is 2.38. The summed E-state index contributed by atoms with van der Waals surface area (Å²) in [6.07, 6.45) is 2.61. The highest BCUT2D eigenvalue weighted by molar-refractivity contribution is 9.10. The van der Waals surface area contributed by atoms with Crippen LogP contribution in [0.1, 0.15) is 5.56 Å². The van der Waals surface area contributed by atoms with Crippen molar-refractivity contribution in [2.75, 3.05) is 0 Å². The Morgan fingerprint density at radius 2 is 2.16 bits per heavy atom. The van der Waals surface area contributed by atoms with Gasteiger partial charge in [-0.2, -0.15) is 0 Å². The molecular formula is C11H8BrClN2O3S. The molecule has 2 aromatic rings. The molecule has 2 aromatic heterocycles.